The molecule has 1 N–H and O–H groups in total. The Labute approximate surface area is 125 Å². The van der Waals surface area contributed by atoms with Gasteiger partial charge in [0.2, 0.25) is 11.9 Å². The van der Waals surface area contributed by atoms with Crippen molar-refractivity contribution in [2.24, 2.45) is 0 Å². The van der Waals surface area contributed by atoms with Crippen LogP contribution in [0, 0.1) is 13.8 Å². The van der Waals surface area contributed by atoms with E-state index in [0.717, 1.165) is 5.69 Å². The molecule has 1 aromatic heterocycles. The Morgan fingerprint density at radius 2 is 1.95 bits per heavy atom. The summed E-state index contributed by atoms with van der Waals surface area (Å²) in [5, 5.41) is 2.93. The number of benzene rings is 1. The molecular formula is C15H21N5O. The van der Waals surface area contributed by atoms with Gasteiger partial charge in [-0.1, -0.05) is 17.7 Å². The molecule has 0 radical (unpaired) electrons. The predicted octanol–water partition coefficient (Wildman–Crippen LogP) is 2.70. The summed E-state index contributed by atoms with van der Waals surface area (Å²) >= 11 is 0. The highest BCUT2D eigenvalue weighted by Gasteiger charge is 2.13. The third kappa shape index (κ3) is 3.39. The Morgan fingerprint density at radius 1 is 1.19 bits per heavy atom. The molecule has 21 heavy (non-hydrogen) atoms. The lowest BCUT2D eigenvalue weighted by molar-refractivity contribution is 0.312. The minimum atomic E-state index is 0.323. The van der Waals surface area contributed by atoms with Crippen molar-refractivity contribution in [3.05, 3.63) is 29.3 Å². The monoisotopic (exact) mass is 287 g/mol. The number of anilines is 3. The smallest absolute Gasteiger partial charge is 0.323 e. The molecule has 6 nitrogen and oxygen atoms in total. The average Bonchev–Trinajstić information content (AvgIpc) is 2.46. The van der Waals surface area contributed by atoms with Gasteiger partial charge in [-0.3, -0.25) is 0 Å². The lowest BCUT2D eigenvalue weighted by atomic mass is 10.1. The number of hydrogen-bond acceptors (Lipinski definition) is 6. The van der Waals surface area contributed by atoms with Gasteiger partial charge >= 0.3 is 6.01 Å². The molecule has 0 saturated carbocycles. The van der Waals surface area contributed by atoms with Gasteiger partial charge in [0.15, 0.2) is 0 Å². The summed E-state index contributed by atoms with van der Waals surface area (Å²) in [4.78, 5) is 14.8. The van der Waals surface area contributed by atoms with E-state index in [1.165, 1.54) is 11.1 Å². The molecule has 0 amide bonds. The van der Waals surface area contributed by atoms with Crippen LogP contribution in [-0.4, -0.2) is 35.7 Å². The van der Waals surface area contributed by atoms with Crippen molar-refractivity contribution in [1.29, 1.82) is 0 Å². The molecule has 0 unspecified atom stereocenters. The fraction of sp³-hybridized carbons (Fsp3) is 0.400. The molecule has 0 aliphatic rings. The van der Waals surface area contributed by atoms with Crippen LogP contribution in [0.5, 0.6) is 6.01 Å². The second-order valence-corrected chi connectivity index (χ2v) is 4.77. The molecule has 1 heterocycles. The molecule has 6 heteroatoms. The van der Waals surface area contributed by atoms with Crippen LogP contribution >= 0.6 is 0 Å². The first-order valence-electron chi connectivity index (χ1n) is 6.92. The number of hydrogen-bond donors (Lipinski definition) is 1. The molecule has 0 atom stereocenters. The van der Waals surface area contributed by atoms with E-state index < -0.39 is 0 Å². The molecule has 0 bridgehead atoms. The average molecular weight is 287 g/mol. The van der Waals surface area contributed by atoms with Crippen molar-refractivity contribution in [2.75, 3.05) is 30.9 Å². The van der Waals surface area contributed by atoms with E-state index in [1.54, 1.807) is 7.05 Å². The number of nitrogens with zero attached hydrogens (tertiary/aromatic N) is 4. The molecule has 1 aromatic carbocycles. The topological polar surface area (TPSA) is 63.2 Å². The lowest BCUT2D eigenvalue weighted by Gasteiger charge is -2.20. The maximum atomic E-state index is 5.40. The van der Waals surface area contributed by atoms with Crippen molar-refractivity contribution in [2.45, 2.75) is 20.8 Å². The quantitative estimate of drug-likeness (QED) is 0.912. The normalized spacial score (nSPS) is 10.3. The molecule has 2 rings (SSSR count). The van der Waals surface area contributed by atoms with Gasteiger partial charge in [-0.25, -0.2) is 0 Å². The van der Waals surface area contributed by atoms with Gasteiger partial charge in [-0.15, -0.1) is 0 Å². The number of aromatic nitrogens is 3. The van der Waals surface area contributed by atoms with Crippen LogP contribution < -0.4 is 15.0 Å². The number of nitrogens with one attached hydrogen (secondary N) is 1. The first kappa shape index (κ1) is 15.0. The second kappa shape index (κ2) is 6.39. The first-order chi connectivity index (χ1) is 10.0. The Bertz CT molecular complexity index is 629. The van der Waals surface area contributed by atoms with E-state index in [1.807, 2.05) is 18.9 Å². The maximum absolute atomic E-state index is 5.40. The van der Waals surface area contributed by atoms with Gasteiger partial charge in [0.1, 0.15) is 0 Å². The zero-order chi connectivity index (χ0) is 15.4. The molecular weight excluding hydrogens is 266 g/mol. The van der Waals surface area contributed by atoms with E-state index in [-0.39, 0.29) is 0 Å². The fourth-order valence-corrected chi connectivity index (χ4v) is 2.09. The van der Waals surface area contributed by atoms with Crippen LogP contribution in [0.25, 0.3) is 0 Å². The summed E-state index contributed by atoms with van der Waals surface area (Å²) in [6, 6.07) is 6.59. The van der Waals surface area contributed by atoms with E-state index in [9.17, 15) is 0 Å². The molecule has 0 aliphatic carbocycles. The van der Waals surface area contributed by atoms with Crippen LogP contribution in [0.3, 0.4) is 0 Å². The fourth-order valence-electron chi connectivity index (χ4n) is 2.09. The Hall–Kier alpha value is -2.37. The summed E-state index contributed by atoms with van der Waals surface area (Å²) in [6.07, 6.45) is 0. The Balaban J connectivity index is 2.41. The van der Waals surface area contributed by atoms with Crippen LogP contribution in [0.2, 0.25) is 0 Å². The van der Waals surface area contributed by atoms with Gasteiger partial charge in [-0.05, 0) is 32.4 Å². The van der Waals surface area contributed by atoms with Gasteiger partial charge < -0.3 is 15.0 Å². The number of rotatable bonds is 5. The SMILES string of the molecule is CCOc1nc(NC)nc(N(C)c2ccc(C)cc2C)n1. The molecule has 0 aliphatic heterocycles. The molecule has 0 fully saturated rings. The standard InChI is InChI=1S/C15H21N5O/c1-6-21-15-18-13(16-4)17-14(19-15)20(5)12-8-7-10(2)9-11(12)3/h7-9H,6H2,1-5H3,(H,16,17,18,19). The van der Waals surface area contributed by atoms with Gasteiger partial charge in [0.05, 0.1) is 6.61 Å². The Morgan fingerprint density at radius 3 is 2.57 bits per heavy atom. The first-order valence-corrected chi connectivity index (χ1v) is 6.92. The zero-order valence-corrected chi connectivity index (χ0v) is 13.1. The Kier molecular flexibility index (Phi) is 4.57. The molecule has 0 saturated heterocycles. The van der Waals surface area contributed by atoms with Gasteiger partial charge in [-0.2, -0.15) is 15.0 Å². The van der Waals surface area contributed by atoms with Crippen molar-refractivity contribution in [1.82, 2.24) is 15.0 Å². The highest BCUT2D eigenvalue weighted by atomic mass is 16.5. The van der Waals surface area contributed by atoms with Crippen LogP contribution in [0.15, 0.2) is 18.2 Å². The molecule has 0 spiro atoms. The third-order valence-electron chi connectivity index (χ3n) is 3.11. The highest BCUT2D eigenvalue weighted by Crippen LogP contribution is 2.26. The lowest BCUT2D eigenvalue weighted by Crippen LogP contribution is -2.16. The van der Waals surface area contributed by atoms with Gasteiger partial charge in [0, 0.05) is 19.8 Å². The minimum absolute atomic E-state index is 0.323. The summed E-state index contributed by atoms with van der Waals surface area (Å²) in [5.41, 5.74) is 3.45. The largest absolute Gasteiger partial charge is 0.464 e. The maximum Gasteiger partial charge on any atom is 0.323 e. The van der Waals surface area contributed by atoms with Crippen molar-refractivity contribution >= 4 is 17.6 Å². The van der Waals surface area contributed by atoms with Crippen molar-refractivity contribution < 1.29 is 4.74 Å². The summed E-state index contributed by atoms with van der Waals surface area (Å²) in [6.45, 7) is 6.56. The zero-order valence-electron chi connectivity index (χ0n) is 13.1. The second-order valence-electron chi connectivity index (χ2n) is 4.77. The third-order valence-corrected chi connectivity index (χ3v) is 3.11. The van der Waals surface area contributed by atoms with E-state index in [0.29, 0.717) is 24.5 Å². The van der Waals surface area contributed by atoms with E-state index in [4.69, 9.17) is 4.74 Å². The molecule has 2 aromatic rings. The van der Waals surface area contributed by atoms with Crippen molar-refractivity contribution in [3.8, 4) is 6.01 Å². The van der Waals surface area contributed by atoms with E-state index >= 15 is 0 Å². The summed E-state index contributed by atoms with van der Waals surface area (Å²) < 4.78 is 5.40. The van der Waals surface area contributed by atoms with Crippen LogP contribution in [-0.2, 0) is 0 Å². The van der Waals surface area contributed by atoms with Crippen LogP contribution in [0.1, 0.15) is 18.1 Å². The van der Waals surface area contributed by atoms with Gasteiger partial charge in [0.25, 0.3) is 0 Å². The number of ether oxygens (including phenoxy) is 1. The number of aryl methyl sites for hydroxylation is 2. The predicted molar refractivity (Wildman–Crippen MR) is 84.5 cm³/mol. The van der Waals surface area contributed by atoms with Crippen LogP contribution in [0.4, 0.5) is 17.6 Å². The summed E-state index contributed by atoms with van der Waals surface area (Å²) in [5.74, 6) is 1.03. The minimum Gasteiger partial charge on any atom is -0.464 e. The summed E-state index contributed by atoms with van der Waals surface area (Å²) in [7, 11) is 3.70. The van der Waals surface area contributed by atoms with Crippen molar-refractivity contribution in [3.63, 3.8) is 0 Å². The highest BCUT2D eigenvalue weighted by molar-refractivity contribution is 5.62. The molecule has 112 valence electrons. The van der Waals surface area contributed by atoms with E-state index in [2.05, 4.69) is 52.3 Å².